The van der Waals surface area contributed by atoms with Crippen molar-refractivity contribution in [3.8, 4) is 0 Å². The molecule has 96 valence electrons. The number of anilines is 1. The molecule has 2 N–H and O–H groups in total. The Morgan fingerprint density at radius 1 is 1.35 bits per heavy atom. The van der Waals surface area contributed by atoms with Gasteiger partial charge in [-0.15, -0.1) is 0 Å². The van der Waals surface area contributed by atoms with E-state index in [2.05, 4.69) is 27.8 Å². The van der Waals surface area contributed by atoms with Crippen LogP contribution in [0, 0.1) is 0 Å². The van der Waals surface area contributed by atoms with Crippen LogP contribution in [0.3, 0.4) is 0 Å². The van der Waals surface area contributed by atoms with Gasteiger partial charge in [-0.2, -0.15) is 0 Å². The number of hydrogen-bond donors (Lipinski definition) is 2. The average molecular weight is 302 g/mol. The molecule has 0 aliphatic carbocycles. The Hall–Kier alpha value is -0.580. The van der Waals surface area contributed by atoms with Gasteiger partial charge in [-0.05, 0) is 25.5 Å². The summed E-state index contributed by atoms with van der Waals surface area (Å²) in [4.78, 5) is 2.10. The lowest BCUT2D eigenvalue weighted by Crippen LogP contribution is -2.28. The van der Waals surface area contributed by atoms with Crippen LogP contribution in [-0.4, -0.2) is 29.9 Å². The first-order valence-electron chi connectivity index (χ1n) is 5.93. The largest absolute Gasteiger partial charge is 0.395 e. The van der Waals surface area contributed by atoms with Gasteiger partial charge in [0, 0.05) is 28.8 Å². The Morgan fingerprint density at radius 3 is 2.59 bits per heavy atom. The van der Waals surface area contributed by atoms with E-state index < -0.39 is 6.10 Å². The normalized spacial score (nSPS) is 12.5. The van der Waals surface area contributed by atoms with Gasteiger partial charge < -0.3 is 15.1 Å². The molecule has 0 amide bonds. The van der Waals surface area contributed by atoms with E-state index in [-0.39, 0.29) is 6.61 Å². The first kappa shape index (κ1) is 14.5. The number of aliphatic hydroxyl groups excluding tert-OH is 2. The topological polar surface area (TPSA) is 43.7 Å². The SMILES string of the molecule is CCCN(CCO)c1cc(Br)ccc1C(C)O. The zero-order valence-corrected chi connectivity index (χ0v) is 11.9. The van der Waals surface area contributed by atoms with Gasteiger partial charge in [-0.3, -0.25) is 0 Å². The van der Waals surface area contributed by atoms with E-state index in [4.69, 9.17) is 5.11 Å². The predicted octanol–water partition coefficient (Wildman–Crippen LogP) is 2.71. The molecule has 1 aromatic rings. The Balaban J connectivity index is 3.09. The molecule has 0 aliphatic heterocycles. The fourth-order valence-electron chi connectivity index (χ4n) is 1.89. The molecule has 0 saturated carbocycles. The zero-order valence-electron chi connectivity index (χ0n) is 10.4. The van der Waals surface area contributed by atoms with E-state index in [1.807, 2.05) is 18.2 Å². The van der Waals surface area contributed by atoms with E-state index >= 15 is 0 Å². The van der Waals surface area contributed by atoms with Crippen LogP contribution >= 0.6 is 15.9 Å². The van der Waals surface area contributed by atoms with Crippen molar-refractivity contribution >= 4 is 21.6 Å². The molecule has 0 aromatic heterocycles. The molecule has 0 bridgehead atoms. The van der Waals surface area contributed by atoms with E-state index in [1.165, 1.54) is 0 Å². The van der Waals surface area contributed by atoms with Crippen LogP contribution in [0.5, 0.6) is 0 Å². The van der Waals surface area contributed by atoms with Crippen LogP contribution < -0.4 is 4.90 Å². The molecule has 17 heavy (non-hydrogen) atoms. The lowest BCUT2D eigenvalue weighted by atomic mass is 10.1. The molecule has 4 heteroatoms. The third-order valence-electron chi connectivity index (χ3n) is 2.65. The van der Waals surface area contributed by atoms with Crippen molar-refractivity contribution in [1.29, 1.82) is 0 Å². The second-order valence-corrected chi connectivity index (χ2v) is 5.01. The molecule has 1 unspecified atom stereocenters. The standard InChI is InChI=1S/C13H20BrNO2/c1-3-6-15(7-8-16)13-9-11(14)4-5-12(13)10(2)17/h4-5,9-10,16-17H,3,6-8H2,1-2H3. The minimum Gasteiger partial charge on any atom is -0.395 e. The quantitative estimate of drug-likeness (QED) is 0.849. The van der Waals surface area contributed by atoms with Gasteiger partial charge in [-0.1, -0.05) is 28.9 Å². The molecular weight excluding hydrogens is 282 g/mol. The van der Waals surface area contributed by atoms with Crippen LogP contribution in [0.4, 0.5) is 5.69 Å². The first-order chi connectivity index (χ1) is 8.10. The Bertz CT molecular complexity index is 349. The molecule has 1 aromatic carbocycles. The summed E-state index contributed by atoms with van der Waals surface area (Å²) in [6.07, 6.45) is 0.502. The summed E-state index contributed by atoms with van der Waals surface area (Å²) in [6.45, 7) is 5.44. The summed E-state index contributed by atoms with van der Waals surface area (Å²) >= 11 is 3.45. The number of benzene rings is 1. The van der Waals surface area contributed by atoms with Gasteiger partial charge in [0.05, 0.1) is 12.7 Å². The fourth-order valence-corrected chi connectivity index (χ4v) is 2.24. The average Bonchev–Trinajstić information content (AvgIpc) is 2.28. The highest BCUT2D eigenvalue weighted by atomic mass is 79.9. The maximum Gasteiger partial charge on any atom is 0.0782 e. The van der Waals surface area contributed by atoms with Crippen molar-refractivity contribution in [3.05, 3.63) is 28.2 Å². The van der Waals surface area contributed by atoms with Gasteiger partial charge in [0.25, 0.3) is 0 Å². The van der Waals surface area contributed by atoms with Crippen molar-refractivity contribution in [1.82, 2.24) is 0 Å². The Labute approximate surface area is 111 Å². The zero-order chi connectivity index (χ0) is 12.8. The molecule has 1 rings (SSSR count). The highest BCUT2D eigenvalue weighted by Crippen LogP contribution is 2.29. The Kier molecular flexibility index (Phi) is 5.95. The van der Waals surface area contributed by atoms with Crippen LogP contribution in [0.25, 0.3) is 0 Å². The number of hydrogen-bond acceptors (Lipinski definition) is 3. The first-order valence-corrected chi connectivity index (χ1v) is 6.72. The molecule has 0 saturated heterocycles. The van der Waals surface area contributed by atoms with Gasteiger partial charge in [-0.25, -0.2) is 0 Å². The molecule has 0 spiro atoms. The fraction of sp³-hybridized carbons (Fsp3) is 0.538. The van der Waals surface area contributed by atoms with Gasteiger partial charge in [0.15, 0.2) is 0 Å². The third kappa shape index (κ3) is 3.98. The second kappa shape index (κ2) is 6.99. The summed E-state index contributed by atoms with van der Waals surface area (Å²) in [5.74, 6) is 0. The molecule has 1 atom stereocenters. The van der Waals surface area contributed by atoms with E-state index in [0.717, 1.165) is 28.7 Å². The highest BCUT2D eigenvalue weighted by Gasteiger charge is 2.14. The van der Waals surface area contributed by atoms with Gasteiger partial charge in [0.2, 0.25) is 0 Å². The number of rotatable bonds is 6. The molecule has 0 heterocycles. The molecule has 0 radical (unpaired) electrons. The lowest BCUT2D eigenvalue weighted by molar-refractivity contribution is 0.199. The number of halogens is 1. The monoisotopic (exact) mass is 301 g/mol. The van der Waals surface area contributed by atoms with E-state index in [1.54, 1.807) is 6.92 Å². The molecule has 3 nitrogen and oxygen atoms in total. The highest BCUT2D eigenvalue weighted by molar-refractivity contribution is 9.10. The molecule has 0 fully saturated rings. The minimum absolute atomic E-state index is 0.117. The summed E-state index contributed by atoms with van der Waals surface area (Å²) in [7, 11) is 0. The number of nitrogens with zero attached hydrogens (tertiary/aromatic N) is 1. The minimum atomic E-state index is -0.504. The summed E-state index contributed by atoms with van der Waals surface area (Å²) in [5, 5.41) is 18.9. The molecular formula is C13H20BrNO2. The van der Waals surface area contributed by atoms with Crippen LogP contribution in [0.15, 0.2) is 22.7 Å². The van der Waals surface area contributed by atoms with Crippen molar-refractivity contribution in [2.45, 2.75) is 26.4 Å². The summed E-state index contributed by atoms with van der Waals surface area (Å²) in [6, 6.07) is 5.84. The van der Waals surface area contributed by atoms with E-state index in [9.17, 15) is 5.11 Å². The van der Waals surface area contributed by atoms with Crippen molar-refractivity contribution in [2.24, 2.45) is 0 Å². The smallest absolute Gasteiger partial charge is 0.0782 e. The van der Waals surface area contributed by atoms with Gasteiger partial charge >= 0.3 is 0 Å². The van der Waals surface area contributed by atoms with E-state index in [0.29, 0.717) is 6.54 Å². The number of aliphatic hydroxyl groups is 2. The van der Waals surface area contributed by atoms with Crippen molar-refractivity contribution in [3.63, 3.8) is 0 Å². The van der Waals surface area contributed by atoms with Crippen molar-refractivity contribution < 1.29 is 10.2 Å². The lowest BCUT2D eigenvalue weighted by Gasteiger charge is -2.27. The molecule has 0 aliphatic rings. The van der Waals surface area contributed by atoms with Crippen molar-refractivity contribution in [2.75, 3.05) is 24.6 Å². The maximum absolute atomic E-state index is 9.78. The Morgan fingerprint density at radius 2 is 2.06 bits per heavy atom. The maximum atomic E-state index is 9.78. The van der Waals surface area contributed by atoms with Gasteiger partial charge in [0.1, 0.15) is 0 Å². The second-order valence-electron chi connectivity index (χ2n) is 4.09. The summed E-state index contributed by atoms with van der Waals surface area (Å²) in [5.41, 5.74) is 1.89. The van der Waals surface area contributed by atoms with Crippen LogP contribution in [0.1, 0.15) is 31.9 Å². The van der Waals surface area contributed by atoms with Crippen LogP contribution in [0.2, 0.25) is 0 Å². The van der Waals surface area contributed by atoms with Crippen LogP contribution in [-0.2, 0) is 0 Å². The predicted molar refractivity (Wildman–Crippen MR) is 74.4 cm³/mol. The summed E-state index contributed by atoms with van der Waals surface area (Å²) < 4.78 is 0.982. The third-order valence-corrected chi connectivity index (χ3v) is 3.14.